The molecule has 0 saturated carbocycles. The van der Waals surface area contributed by atoms with Crippen molar-refractivity contribution in [3.05, 3.63) is 71.4 Å². The lowest BCUT2D eigenvalue weighted by molar-refractivity contribution is -0.274. The van der Waals surface area contributed by atoms with Crippen LogP contribution in [0.15, 0.2) is 65.8 Å². The maximum Gasteiger partial charge on any atom is 0.573 e. The zero-order valence-corrected chi connectivity index (χ0v) is 18.5. The summed E-state index contributed by atoms with van der Waals surface area (Å²) in [4.78, 5) is 37.1. The molecule has 4 atom stereocenters. The molecule has 1 aliphatic carbocycles. The van der Waals surface area contributed by atoms with Crippen molar-refractivity contribution in [1.29, 1.82) is 0 Å². The SMILES string of the molecule is C=C1C(=O)O[C@H]2CC3=C[C@@H](C/C(C)=C/[C@@H](OC(=O)/C=C/c4cccc(OC(F)(F)F)c4)[C@H]12)OC3=O. The van der Waals surface area contributed by atoms with E-state index in [4.69, 9.17) is 14.2 Å². The van der Waals surface area contributed by atoms with Gasteiger partial charge in [0.2, 0.25) is 0 Å². The molecule has 2 aliphatic heterocycles. The average molecular weight is 490 g/mol. The van der Waals surface area contributed by atoms with E-state index in [1.54, 1.807) is 19.1 Å². The first kappa shape index (κ1) is 24.3. The Bertz CT molecular complexity index is 1160. The number of hydrogen-bond donors (Lipinski definition) is 0. The van der Waals surface area contributed by atoms with Gasteiger partial charge in [-0.2, -0.15) is 0 Å². The van der Waals surface area contributed by atoms with Crippen molar-refractivity contribution in [1.82, 2.24) is 0 Å². The second-order valence-corrected chi connectivity index (χ2v) is 8.41. The predicted molar refractivity (Wildman–Crippen MR) is 116 cm³/mol. The Morgan fingerprint density at radius 3 is 2.66 bits per heavy atom. The van der Waals surface area contributed by atoms with E-state index in [1.807, 2.05) is 0 Å². The molecular weight excluding hydrogens is 469 g/mol. The highest BCUT2D eigenvalue weighted by Gasteiger charge is 2.46. The number of alkyl halides is 3. The van der Waals surface area contributed by atoms with E-state index in [-0.39, 0.29) is 17.6 Å². The average Bonchev–Trinajstić information content (AvgIpc) is 3.22. The number of carbonyl (C=O) groups is 3. The van der Waals surface area contributed by atoms with Gasteiger partial charge >= 0.3 is 24.3 Å². The molecule has 4 rings (SSSR count). The molecule has 2 bridgehead atoms. The molecule has 1 fully saturated rings. The van der Waals surface area contributed by atoms with E-state index in [0.717, 1.165) is 23.8 Å². The normalized spacial score (nSPS) is 27.9. The zero-order chi connectivity index (χ0) is 25.3. The van der Waals surface area contributed by atoms with E-state index in [9.17, 15) is 27.6 Å². The minimum atomic E-state index is -4.84. The third kappa shape index (κ3) is 5.82. The fourth-order valence-corrected chi connectivity index (χ4v) is 4.26. The molecule has 3 aliphatic rings. The minimum absolute atomic E-state index is 0.0908. The van der Waals surface area contributed by atoms with Gasteiger partial charge in [0.15, 0.2) is 0 Å². The summed E-state index contributed by atoms with van der Waals surface area (Å²) in [5.41, 5.74) is 1.53. The van der Waals surface area contributed by atoms with E-state index in [2.05, 4.69) is 11.3 Å². The van der Waals surface area contributed by atoms with Crippen LogP contribution >= 0.6 is 0 Å². The van der Waals surface area contributed by atoms with Crippen molar-refractivity contribution in [2.75, 3.05) is 0 Å². The predicted octanol–water partition coefficient (Wildman–Crippen LogP) is 4.20. The smallest absolute Gasteiger partial charge is 0.458 e. The lowest BCUT2D eigenvalue weighted by atomic mass is 9.85. The Hall–Kier alpha value is -3.82. The highest BCUT2D eigenvalue weighted by atomic mass is 19.4. The van der Waals surface area contributed by atoms with Crippen molar-refractivity contribution in [2.45, 2.75) is 44.4 Å². The topological polar surface area (TPSA) is 88.1 Å². The molecule has 10 heteroatoms. The van der Waals surface area contributed by atoms with Gasteiger partial charge in [-0.25, -0.2) is 14.4 Å². The molecule has 35 heavy (non-hydrogen) atoms. The van der Waals surface area contributed by atoms with Gasteiger partial charge in [-0.1, -0.05) is 24.3 Å². The molecular formula is C25H21F3O7. The number of benzene rings is 1. The Balaban J connectivity index is 1.54. The number of hydrogen-bond acceptors (Lipinski definition) is 7. The number of carbonyl (C=O) groups excluding carboxylic acids is 3. The first-order valence-electron chi connectivity index (χ1n) is 10.7. The van der Waals surface area contributed by atoms with Crippen molar-refractivity contribution in [3.63, 3.8) is 0 Å². The molecule has 1 aromatic rings. The Morgan fingerprint density at radius 2 is 1.91 bits per heavy atom. The van der Waals surface area contributed by atoms with Crippen LogP contribution in [0.1, 0.15) is 25.3 Å². The van der Waals surface area contributed by atoms with Gasteiger partial charge in [0, 0.05) is 30.1 Å². The van der Waals surface area contributed by atoms with Crippen LogP contribution in [-0.2, 0) is 28.6 Å². The molecule has 0 amide bonds. The van der Waals surface area contributed by atoms with Crippen LogP contribution in [0.25, 0.3) is 6.08 Å². The second kappa shape index (κ2) is 9.44. The fraction of sp³-hybridized carbons (Fsp3) is 0.320. The van der Waals surface area contributed by atoms with Crippen molar-refractivity contribution in [2.24, 2.45) is 5.92 Å². The summed E-state index contributed by atoms with van der Waals surface area (Å²) in [7, 11) is 0. The molecule has 0 N–H and O–H groups in total. The summed E-state index contributed by atoms with van der Waals surface area (Å²) in [5, 5.41) is 0. The van der Waals surface area contributed by atoms with Crippen LogP contribution in [-0.4, -0.2) is 42.6 Å². The molecule has 7 nitrogen and oxygen atoms in total. The summed E-state index contributed by atoms with van der Waals surface area (Å²) in [6.07, 6.45) is -0.837. The van der Waals surface area contributed by atoms with Crippen LogP contribution in [0.2, 0.25) is 0 Å². The maximum atomic E-state index is 12.6. The van der Waals surface area contributed by atoms with Gasteiger partial charge in [-0.3, -0.25) is 0 Å². The first-order chi connectivity index (χ1) is 16.5. The third-order valence-corrected chi connectivity index (χ3v) is 5.73. The Labute approximate surface area is 198 Å². The van der Waals surface area contributed by atoms with Crippen molar-refractivity contribution < 1.29 is 46.5 Å². The number of ether oxygens (including phenoxy) is 4. The molecule has 1 aromatic carbocycles. The van der Waals surface area contributed by atoms with Gasteiger partial charge in [0.05, 0.1) is 5.92 Å². The van der Waals surface area contributed by atoms with Gasteiger partial charge in [-0.15, -0.1) is 13.2 Å². The molecule has 184 valence electrons. The molecule has 0 aromatic heterocycles. The van der Waals surface area contributed by atoms with Crippen LogP contribution in [0, 0.1) is 5.92 Å². The molecule has 1 saturated heterocycles. The van der Waals surface area contributed by atoms with Crippen LogP contribution in [0.5, 0.6) is 5.75 Å². The van der Waals surface area contributed by atoms with E-state index >= 15 is 0 Å². The first-order valence-corrected chi connectivity index (χ1v) is 10.7. The number of rotatable bonds is 4. The molecule has 2 heterocycles. The van der Waals surface area contributed by atoms with Crippen LogP contribution < -0.4 is 4.74 Å². The third-order valence-electron chi connectivity index (χ3n) is 5.73. The van der Waals surface area contributed by atoms with Gasteiger partial charge < -0.3 is 18.9 Å². The van der Waals surface area contributed by atoms with Crippen molar-refractivity contribution >= 4 is 24.0 Å². The molecule has 0 spiro atoms. The monoisotopic (exact) mass is 490 g/mol. The Morgan fingerprint density at radius 1 is 1.14 bits per heavy atom. The van der Waals surface area contributed by atoms with E-state index in [1.165, 1.54) is 18.2 Å². The summed E-state index contributed by atoms with van der Waals surface area (Å²) < 4.78 is 57.6. The molecule has 0 radical (unpaired) electrons. The summed E-state index contributed by atoms with van der Waals surface area (Å²) in [6, 6.07) is 5.09. The maximum absolute atomic E-state index is 12.6. The minimum Gasteiger partial charge on any atom is -0.458 e. The van der Waals surface area contributed by atoms with Crippen LogP contribution in [0.3, 0.4) is 0 Å². The largest absolute Gasteiger partial charge is 0.573 e. The number of fused-ring (bicyclic) bond motifs is 2. The quantitative estimate of drug-likeness (QED) is 0.271. The highest BCUT2D eigenvalue weighted by Crippen LogP contribution is 2.38. The lowest BCUT2D eigenvalue weighted by Gasteiger charge is -2.25. The highest BCUT2D eigenvalue weighted by molar-refractivity contribution is 5.93. The summed E-state index contributed by atoms with van der Waals surface area (Å²) >= 11 is 0. The molecule has 0 unspecified atom stereocenters. The van der Waals surface area contributed by atoms with E-state index in [0.29, 0.717) is 12.0 Å². The van der Waals surface area contributed by atoms with Crippen LogP contribution in [0.4, 0.5) is 13.2 Å². The number of esters is 3. The van der Waals surface area contributed by atoms with Gasteiger partial charge in [0.25, 0.3) is 0 Å². The Kier molecular flexibility index (Phi) is 6.56. The lowest BCUT2D eigenvalue weighted by Crippen LogP contribution is -2.32. The number of halogens is 3. The fourth-order valence-electron chi connectivity index (χ4n) is 4.26. The zero-order valence-electron chi connectivity index (χ0n) is 18.5. The second-order valence-electron chi connectivity index (χ2n) is 8.41. The summed E-state index contributed by atoms with van der Waals surface area (Å²) in [5.74, 6) is -3.08. The van der Waals surface area contributed by atoms with Gasteiger partial charge in [0.1, 0.15) is 24.1 Å². The van der Waals surface area contributed by atoms with E-state index < -0.39 is 54.2 Å². The van der Waals surface area contributed by atoms with Crippen molar-refractivity contribution in [3.8, 4) is 5.75 Å². The standard InChI is InChI=1S/C25H21F3O7/c1-13-8-18-11-16(24(31)32-18)12-20-22(14(2)23(30)34-20)19(9-13)33-21(29)7-6-15-4-3-5-17(10-15)35-25(26,27)28/h3-7,9-11,18-20,22H,2,8,12H2,1H3/b7-6+,13-9+/t18-,19-,20+,22+/m1/s1. The summed E-state index contributed by atoms with van der Waals surface area (Å²) in [6.45, 7) is 5.56. The van der Waals surface area contributed by atoms with Gasteiger partial charge in [-0.05, 0) is 42.8 Å².